The van der Waals surface area contributed by atoms with Crippen molar-refractivity contribution in [2.75, 3.05) is 32.7 Å². The molecule has 2 heterocycles. The van der Waals surface area contributed by atoms with Crippen LogP contribution in [-0.2, 0) is 20.7 Å². The summed E-state index contributed by atoms with van der Waals surface area (Å²) >= 11 is 1.34. The van der Waals surface area contributed by atoms with Crippen molar-refractivity contribution in [2.24, 2.45) is 5.92 Å². The van der Waals surface area contributed by atoms with Crippen molar-refractivity contribution in [3.05, 3.63) is 34.8 Å². The second-order valence-electron chi connectivity index (χ2n) is 6.77. The number of benzene rings is 1. The molecule has 2 atom stereocenters. The average Bonchev–Trinajstić information content (AvgIpc) is 3.29. The summed E-state index contributed by atoms with van der Waals surface area (Å²) in [5.74, 6) is 0.185. The van der Waals surface area contributed by atoms with E-state index in [1.165, 1.54) is 11.3 Å². The summed E-state index contributed by atoms with van der Waals surface area (Å²) in [7, 11) is 3.23. The molecular formula is C19H24N4O4S. The Balaban J connectivity index is 1.55. The predicted octanol–water partition coefficient (Wildman–Crippen LogP) is 1.96. The molecule has 1 aromatic carbocycles. The minimum absolute atomic E-state index is 0.0258. The molecule has 2 amide bonds. The van der Waals surface area contributed by atoms with Crippen molar-refractivity contribution >= 4 is 28.3 Å². The Morgan fingerprint density at radius 3 is 2.75 bits per heavy atom. The van der Waals surface area contributed by atoms with Gasteiger partial charge in [0, 0.05) is 26.5 Å². The van der Waals surface area contributed by atoms with E-state index in [-0.39, 0.29) is 30.2 Å². The fourth-order valence-corrected chi connectivity index (χ4v) is 3.94. The van der Waals surface area contributed by atoms with Crippen LogP contribution in [0.15, 0.2) is 24.3 Å². The predicted molar refractivity (Wildman–Crippen MR) is 105 cm³/mol. The highest BCUT2D eigenvalue weighted by Crippen LogP contribution is 2.24. The van der Waals surface area contributed by atoms with Gasteiger partial charge in [-0.3, -0.25) is 9.59 Å². The minimum atomic E-state index is -0.388. The summed E-state index contributed by atoms with van der Waals surface area (Å²) in [6.07, 6.45) is 0.832. The van der Waals surface area contributed by atoms with Crippen LogP contribution in [0.1, 0.15) is 23.9 Å². The fraction of sp³-hybridized carbons (Fsp3) is 0.474. The zero-order chi connectivity index (χ0) is 20.1. The van der Waals surface area contributed by atoms with Crippen molar-refractivity contribution in [3.63, 3.8) is 0 Å². The molecular weight excluding hydrogens is 380 g/mol. The molecule has 1 aromatic heterocycles. The Labute approximate surface area is 167 Å². The first kappa shape index (κ1) is 20.2. The van der Waals surface area contributed by atoms with E-state index in [1.807, 2.05) is 31.2 Å². The van der Waals surface area contributed by atoms with E-state index in [1.54, 1.807) is 19.1 Å². The lowest BCUT2D eigenvalue weighted by Crippen LogP contribution is -2.38. The second-order valence-corrected chi connectivity index (χ2v) is 7.83. The number of amides is 2. The standard InChI is InChI=1S/C19H24N4O4S/c1-12(11-26-2)23-10-14(9-17(23)24)18(25)20-19-22-21-16(28-19)8-13-4-6-15(27-3)7-5-13/h4-7,12,14H,8-11H2,1-3H3,(H,20,22,25)/t12-,14-/m0/s1. The highest BCUT2D eigenvalue weighted by molar-refractivity contribution is 7.15. The summed E-state index contributed by atoms with van der Waals surface area (Å²) in [5.41, 5.74) is 1.08. The number of anilines is 1. The Kier molecular flexibility index (Phi) is 6.58. The van der Waals surface area contributed by atoms with Gasteiger partial charge in [-0.15, -0.1) is 10.2 Å². The molecule has 0 saturated carbocycles. The summed E-state index contributed by atoms with van der Waals surface area (Å²) in [6.45, 7) is 2.76. The number of rotatable bonds is 8. The number of methoxy groups -OCH3 is 2. The van der Waals surface area contributed by atoms with Gasteiger partial charge in [-0.05, 0) is 24.6 Å². The fourth-order valence-electron chi connectivity index (χ4n) is 3.17. The van der Waals surface area contributed by atoms with Gasteiger partial charge in [-0.2, -0.15) is 0 Å². The van der Waals surface area contributed by atoms with Gasteiger partial charge in [-0.1, -0.05) is 23.5 Å². The highest BCUT2D eigenvalue weighted by atomic mass is 32.1. The summed E-state index contributed by atoms with van der Waals surface area (Å²) in [6, 6.07) is 7.68. The Morgan fingerprint density at radius 2 is 2.07 bits per heavy atom. The summed E-state index contributed by atoms with van der Waals surface area (Å²) in [4.78, 5) is 26.4. The molecule has 0 aliphatic carbocycles. The van der Waals surface area contributed by atoms with Crippen LogP contribution in [0.5, 0.6) is 5.75 Å². The highest BCUT2D eigenvalue weighted by Gasteiger charge is 2.36. The number of hydrogen-bond donors (Lipinski definition) is 1. The van der Waals surface area contributed by atoms with Gasteiger partial charge in [0.1, 0.15) is 10.8 Å². The molecule has 0 radical (unpaired) electrons. The lowest BCUT2D eigenvalue weighted by atomic mass is 10.1. The van der Waals surface area contributed by atoms with Gasteiger partial charge in [-0.25, -0.2) is 0 Å². The molecule has 1 N–H and O–H groups in total. The molecule has 2 aromatic rings. The maximum Gasteiger partial charge on any atom is 0.231 e. The van der Waals surface area contributed by atoms with Crippen molar-refractivity contribution in [1.82, 2.24) is 15.1 Å². The van der Waals surface area contributed by atoms with Crippen LogP contribution in [0.3, 0.4) is 0 Å². The van der Waals surface area contributed by atoms with E-state index in [0.717, 1.165) is 16.3 Å². The zero-order valence-electron chi connectivity index (χ0n) is 16.2. The monoisotopic (exact) mass is 404 g/mol. The molecule has 28 heavy (non-hydrogen) atoms. The summed E-state index contributed by atoms with van der Waals surface area (Å²) in [5, 5.41) is 12.2. The van der Waals surface area contributed by atoms with Crippen molar-refractivity contribution in [2.45, 2.75) is 25.8 Å². The molecule has 1 saturated heterocycles. The molecule has 3 rings (SSSR count). The van der Waals surface area contributed by atoms with Crippen molar-refractivity contribution in [3.8, 4) is 5.75 Å². The zero-order valence-corrected chi connectivity index (χ0v) is 17.0. The molecule has 8 nitrogen and oxygen atoms in total. The Bertz CT molecular complexity index is 824. The number of nitrogens with one attached hydrogen (secondary N) is 1. The van der Waals surface area contributed by atoms with E-state index in [9.17, 15) is 9.59 Å². The molecule has 1 aliphatic rings. The molecule has 0 unspecified atom stereocenters. The number of ether oxygens (including phenoxy) is 2. The second kappa shape index (κ2) is 9.11. The smallest absolute Gasteiger partial charge is 0.231 e. The van der Waals surface area contributed by atoms with Gasteiger partial charge in [0.2, 0.25) is 16.9 Å². The van der Waals surface area contributed by atoms with Crippen LogP contribution in [0.4, 0.5) is 5.13 Å². The first-order valence-electron chi connectivity index (χ1n) is 9.04. The van der Waals surface area contributed by atoms with Gasteiger partial charge in [0.05, 0.1) is 25.7 Å². The number of likely N-dealkylation sites (tertiary alicyclic amines) is 1. The van der Waals surface area contributed by atoms with Crippen LogP contribution in [0.25, 0.3) is 0 Å². The lowest BCUT2D eigenvalue weighted by Gasteiger charge is -2.23. The molecule has 1 fully saturated rings. The van der Waals surface area contributed by atoms with Crippen molar-refractivity contribution < 1.29 is 19.1 Å². The number of hydrogen-bond acceptors (Lipinski definition) is 7. The van der Waals surface area contributed by atoms with Crippen LogP contribution in [-0.4, -0.2) is 60.3 Å². The first-order valence-corrected chi connectivity index (χ1v) is 9.86. The van der Waals surface area contributed by atoms with Crippen LogP contribution >= 0.6 is 11.3 Å². The lowest BCUT2D eigenvalue weighted by molar-refractivity contribution is -0.130. The van der Waals surface area contributed by atoms with E-state index in [2.05, 4.69) is 15.5 Å². The molecule has 9 heteroatoms. The maximum absolute atomic E-state index is 12.5. The topological polar surface area (TPSA) is 93.7 Å². The number of aromatic nitrogens is 2. The van der Waals surface area contributed by atoms with E-state index >= 15 is 0 Å². The number of nitrogens with zero attached hydrogens (tertiary/aromatic N) is 3. The third-order valence-corrected chi connectivity index (χ3v) is 5.52. The van der Waals surface area contributed by atoms with Crippen LogP contribution < -0.4 is 10.1 Å². The van der Waals surface area contributed by atoms with E-state index in [0.29, 0.717) is 24.7 Å². The molecule has 1 aliphatic heterocycles. The molecule has 0 bridgehead atoms. The van der Waals surface area contributed by atoms with Crippen molar-refractivity contribution in [1.29, 1.82) is 0 Å². The van der Waals surface area contributed by atoms with Gasteiger partial charge >= 0.3 is 0 Å². The molecule has 0 spiro atoms. The first-order chi connectivity index (χ1) is 13.5. The van der Waals surface area contributed by atoms with Gasteiger partial charge in [0.25, 0.3) is 0 Å². The van der Waals surface area contributed by atoms with Gasteiger partial charge in [0.15, 0.2) is 0 Å². The van der Waals surface area contributed by atoms with Gasteiger partial charge < -0.3 is 19.7 Å². The Morgan fingerprint density at radius 1 is 1.32 bits per heavy atom. The summed E-state index contributed by atoms with van der Waals surface area (Å²) < 4.78 is 10.3. The van der Waals surface area contributed by atoms with Crippen LogP contribution in [0, 0.1) is 5.92 Å². The Hall–Kier alpha value is -2.52. The normalized spacial score (nSPS) is 17.6. The number of carbonyl (C=O) groups is 2. The van der Waals surface area contributed by atoms with E-state index < -0.39 is 0 Å². The number of carbonyl (C=O) groups excluding carboxylic acids is 2. The molecule has 150 valence electrons. The SMILES string of the molecule is COC[C@H](C)N1C[C@@H](C(=O)Nc2nnc(Cc3ccc(OC)cc3)s2)CC1=O. The third-order valence-electron chi connectivity index (χ3n) is 4.68. The largest absolute Gasteiger partial charge is 0.497 e. The maximum atomic E-state index is 12.5. The van der Waals surface area contributed by atoms with E-state index in [4.69, 9.17) is 9.47 Å². The quantitative estimate of drug-likeness (QED) is 0.723. The average molecular weight is 404 g/mol. The van der Waals surface area contributed by atoms with Crippen LogP contribution in [0.2, 0.25) is 0 Å². The minimum Gasteiger partial charge on any atom is -0.497 e. The third kappa shape index (κ3) is 4.85.